The quantitative estimate of drug-likeness (QED) is 0.772. The van der Waals surface area contributed by atoms with Crippen molar-refractivity contribution in [1.82, 2.24) is 14.9 Å². The van der Waals surface area contributed by atoms with Crippen molar-refractivity contribution < 1.29 is 13.2 Å². The zero-order valence-corrected chi connectivity index (χ0v) is 12.0. The van der Waals surface area contributed by atoms with E-state index in [0.29, 0.717) is 24.0 Å². The van der Waals surface area contributed by atoms with E-state index in [-0.39, 0.29) is 23.0 Å². The highest BCUT2D eigenvalue weighted by Crippen LogP contribution is 2.34. The maximum Gasteiger partial charge on any atom is 0.254 e. The van der Waals surface area contributed by atoms with Gasteiger partial charge in [-0.3, -0.25) is 14.8 Å². The summed E-state index contributed by atoms with van der Waals surface area (Å²) in [6.07, 6.45) is 3.76. The number of likely N-dealkylation sites (tertiary alicyclic amines) is 1. The molecular formula is C14H13N3O3S. The van der Waals surface area contributed by atoms with Crippen LogP contribution in [0.25, 0.3) is 11.0 Å². The standard InChI is InChI=1S/C14H13N3O3S/c18-14(17-7-11-6-10(17)8-21(11,19)20)9-1-2-12-13(5-9)16-4-3-15-12/h1-5,10-11H,6-8H2. The summed E-state index contributed by atoms with van der Waals surface area (Å²) in [5.74, 6) is -0.0264. The van der Waals surface area contributed by atoms with Crippen LogP contribution in [0.15, 0.2) is 30.6 Å². The molecule has 0 radical (unpaired) electrons. The molecule has 2 fully saturated rings. The monoisotopic (exact) mass is 303 g/mol. The summed E-state index contributed by atoms with van der Waals surface area (Å²) in [5, 5.41) is -0.383. The molecule has 2 unspecified atom stereocenters. The van der Waals surface area contributed by atoms with Crippen molar-refractivity contribution in [2.24, 2.45) is 0 Å². The van der Waals surface area contributed by atoms with Crippen molar-refractivity contribution in [1.29, 1.82) is 0 Å². The van der Waals surface area contributed by atoms with Gasteiger partial charge in [-0.25, -0.2) is 8.42 Å². The largest absolute Gasteiger partial charge is 0.333 e. The third-order valence-electron chi connectivity index (χ3n) is 4.29. The van der Waals surface area contributed by atoms with Gasteiger partial charge in [0.25, 0.3) is 5.91 Å². The van der Waals surface area contributed by atoms with Crippen LogP contribution in [-0.2, 0) is 9.84 Å². The fourth-order valence-corrected chi connectivity index (χ4v) is 5.23. The van der Waals surface area contributed by atoms with E-state index in [4.69, 9.17) is 0 Å². The minimum Gasteiger partial charge on any atom is -0.333 e. The van der Waals surface area contributed by atoms with Gasteiger partial charge in [0.15, 0.2) is 9.84 Å². The molecule has 0 spiro atoms. The third kappa shape index (κ3) is 1.91. The molecule has 3 heterocycles. The predicted octanol–water partition coefficient (Wildman–Crippen LogP) is 0.641. The van der Waals surface area contributed by atoms with Crippen LogP contribution in [0.4, 0.5) is 0 Å². The number of rotatable bonds is 1. The number of carbonyl (C=O) groups is 1. The molecule has 2 aliphatic rings. The van der Waals surface area contributed by atoms with E-state index in [2.05, 4.69) is 9.97 Å². The summed E-state index contributed by atoms with van der Waals surface area (Å²) in [4.78, 5) is 22.6. The van der Waals surface area contributed by atoms with Crippen molar-refractivity contribution in [3.05, 3.63) is 36.2 Å². The Morgan fingerprint density at radius 1 is 1.19 bits per heavy atom. The van der Waals surface area contributed by atoms with Gasteiger partial charge in [0, 0.05) is 30.5 Å². The van der Waals surface area contributed by atoms with Gasteiger partial charge in [0.1, 0.15) is 0 Å². The highest BCUT2D eigenvalue weighted by atomic mass is 32.2. The van der Waals surface area contributed by atoms with Crippen LogP contribution in [0.2, 0.25) is 0 Å². The van der Waals surface area contributed by atoms with Gasteiger partial charge in [0.2, 0.25) is 0 Å². The van der Waals surface area contributed by atoms with Crippen LogP contribution in [0.1, 0.15) is 16.8 Å². The molecule has 0 aliphatic carbocycles. The molecule has 0 N–H and O–H groups in total. The average Bonchev–Trinajstić information content (AvgIpc) is 3.02. The Morgan fingerprint density at radius 2 is 1.95 bits per heavy atom. The van der Waals surface area contributed by atoms with E-state index in [9.17, 15) is 13.2 Å². The molecule has 2 atom stereocenters. The minimum absolute atomic E-state index is 0.0940. The number of hydrogen-bond donors (Lipinski definition) is 0. The first-order valence-electron chi connectivity index (χ1n) is 6.78. The summed E-state index contributed by atoms with van der Waals surface area (Å²) in [7, 11) is -2.99. The maximum atomic E-state index is 12.6. The highest BCUT2D eigenvalue weighted by Gasteiger charge is 2.50. The summed E-state index contributed by atoms with van der Waals surface area (Å²) >= 11 is 0. The van der Waals surface area contributed by atoms with Crippen LogP contribution in [0.3, 0.4) is 0 Å². The van der Waals surface area contributed by atoms with Gasteiger partial charge in [-0.15, -0.1) is 0 Å². The summed E-state index contributed by atoms with van der Waals surface area (Å²) in [6.45, 7) is 0.310. The molecule has 6 nitrogen and oxygen atoms in total. The molecule has 2 aliphatic heterocycles. The van der Waals surface area contributed by atoms with Crippen molar-refractivity contribution >= 4 is 26.8 Å². The van der Waals surface area contributed by atoms with Crippen molar-refractivity contribution in [2.45, 2.75) is 17.7 Å². The van der Waals surface area contributed by atoms with Crippen LogP contribution < -0.4 is 0 Å². The Labute approximate surface area is 121 Å². The Kier molecular flexibility index (Phi) is 2.56. The molecular weight excluding hydrogens is 290 g/mol. The molecule has 4 rings (SSSR count). The van der Waals surface area contributed by atoms with Crippen LogP contribution in [0, 0.1) is 0 Å². The number of aromatic nitrogens is 2. The summed E-state index contributed by atoms with van der Waals surface area (Å²) < 4.78 is 23.5. The number of carbonyl (C=O) groups excluding carboxylic acids is 1. The van der Waals surface area contributed by atoms with E-state index in [0.717, 1.165) is 5.52 Å². The fraction of sp³-hybridized carbons (Fsp3) is 0.357. The molecule has 1 amide bonds. The Hall–Kier alpha value is -2.02. The predicted molar refractivity (Wildman–Crippen MR) is 76.6 cm³/mol. The second-order valence-electron chi connectivity index (χ2n) is 5.56. The van der Waals surface area contributed by atoms with E-state index < -0.39 is 9.84 Å². The van der Waals surface area contributed by atoms with Crippen LogP contribution >= 0.6 is 0 Å². The molecule has 7 heteroatoms. The first-order chi connectivity index (χ1) is 10.0. The molecule has 108 valence electrons. The normalized spacial score (nSPS) is 26.4. The smallest absolute Gasteiger partial charge is 0.254 e. The SMILES string of the molecule is O=C(c1ccc2nccnc2c1)N1CC2CC1CS2(=O)=O. The summed E-state index contributed by atoms with van der Waals surface area (Å²) in [6, 6.07) is 5.02. The van der Waals surface area contributed by atoms with Crippen molar-refractivity contribution in [3.63, 3.8) is 0 Å². The van der Waals surface area contributed by atoms with Gasteiger partial charge in [0.05, 0.1) is 22.0 Å². The number of amides is 1. The number of benzene rings is 1. The van der Waals surface area contributed by atoms with E-state index >= 15 is 0 Å². The lowest BCUT2D eigenvalue weighted by Gasteiger charge is -2.26. The second kappa shape index (κ2) is 4.24. The zero-order valence-electron chi connectivity index (χ0n) is 11.1. The van der Waals surface area contributed by atoms with E-state index in [1.807, 2.05) is 0 Å². The number of sulfone groups is 1. The van der Waals surface area contributed by atoms with Gasteiger partial charge < -0.3 is 4.90 Å². The Morgan fingerprint density at radius 3 is 2.62 bits per heavy atom. The minimum atomic E-state index is -2.99. The molecule has 21 heavy (non-hydrogen) atoms. The van der Waals surface area contributed by atoms with Crippen LogP contribution in [0.5, 0.6) is 0 Å². The number of nitrogens with zero attached hydrogens (tertiary/aromatic N) is 3. The van der Waals surface area contributed by atoms with Crippen molar-refractivity contribution in [2.75, 3.05) is 12.3 Å². The van der Waals surface area contributed by atoms with Crippen LogP contribution in [-0.4, -0.2) is 52.8 Å². The van der Waals surface area contributed by atoms with Gasteiger partial charge in [-0.2, -0.15) is 0 Å². The van der Waals surface area contributed by atoms with E-state index in [1.165, 1.54) is 0 Å². The van der Waals surface area contributed by atoms with Gasteiger partial charge in [-0.1, -0.05) is 0 Å². The Bertz CT molecular complexity index is 849. The molecule has 0 saturated carbocycles. The fourth-order valence-electron chi connectivity index (χ4n) is 3.21. The summed E-state index contributed by atoms with van der Waals surface area (Å²) in [5.41, 5.74) is 1.94. The molecule has 2 aromatic rings. The average molecular weight is 303 g/mol. The zero-order chi connectivity index (χ0) is 14.6. The second-order valence-corrected chi connectivity index (χ2v) is 7.88. The topological polar surface area (TPSA) is 80.2 Å². The van der Waals surface area contributed by atoms with Crippen molar-refractivity contribution in [3.8, 4) is 0 Å². The lowest BCUT2D eigenvalue weighted by Crippen LogP contribution is -2.44. The molecule has 2 saturated heterocycles. The van der Waals surface area contributed by atoms with Gasteiger partial charge in [-0.05, 0) is 24.6 Å². The third-order valence-corrected chi connectivity index (χ3v) is 6.49. The van der Waals surface area contributed by atoms with E-state index in [1.54, 1.807) is 35.5 Å². The molecule has 1 aromatic carbocycles. The van der Waals surface area contributed by atoms with Gasteiger partial charge >= 0.3 is 0 Å². The first kappa shape index (κ1) is 12.7. The number of fused-ring (bicyclic) bond motifs is 3. The molecule has 1 aromatic heterocycles. The molecule has 2 bridgehead atoms. The Balaban J connectivity index is 1.66. The maximum absolute atomic E-state index is 12.6. The first-order valence-corrected chi connectivity index (χ1v) is 8.49. The lowest BCUT2D eigenvalue weighted by atomic mass is 10.1. The highest BCUT2D eigenvalue weighted by molar-refractivity contribution is 7.92. The number of hydrogen-bond acceptors (Lipinski definition) is 5. The lowest BCUT2D eigenvalue weighted by molar-refractivity contribution is 0.0746.